The van der Waals surface area contributed by atoms with E-state index >= 15 is 0 Å². The van der Waals surface area contributed by atoms with Crippen LogP contribution in [0.4, 0.5) is 0 Å². The van der Waals surface area contributed by atoms with Crippen LogP contribution in [0.5, 0.6) is 0 Å². The van der Waals surface area contributed by atoms with Crippen molar-refractivity contribution in [2.24, 2.45) is 5.92 Å². The fourth-order valence-electron chi connectivity index (χ4n) is 4.39. The van der Waals surface area contributed by atoms with Crippen molar-refractivity contribution in [3.05, 3.63) is 84.4 Å². The molecule has 0 saturated carbocycles. The van der Waals surface area contributed by atoms with E-state index in [9.17, 15) is 5.11 Å². The third-order valence-electron chi connectivity index (χ3n) is 5.49. The predicted molar refractivity (Wildman–Crippen MR) is 98.5 cm³/mol. The number of hydrogen-bond acceptors (Lipinski definition) is 1. The molecule has 0 aromatic heterocycles. The Balaban J connectivity index is 2.00. The van der Waals surface area contributed by atoms with Crippen molar-refractivity contribution >= 4 is 0 Å². The Morgan fingerprint density at radius 2 is 1.67 bits per heavy atom. The standard InChI is InChI=1S/C22H27NO/c1-3-15-22(24)16-20(17-11-7-5-8-12-17)23-21(19(22)4-2)18-13-9-6-10-14-18/h3,5-14,19-21,23-24H,1,4,15-16H2,2H3/p+1/t19-,20+,21+,22-/m1/s1. The molecule has 2 aromatic carbocycles. The molecule has 1 fully saturated rings. The summed E-state index contributed by atoms with van der Waals surface area (Å²) in [6, 6.07) is 21.7. The molecule has 126 valence electrons. The third kappa shape index (κ3) is 3.31. The largest absolute Gasteiger partial charge is 0.389 e. The van der Waals surface area contributed by atoms with Crippen LogP contribution in [0.15, 0.2) is 73.3 Å². The van der Waals surface area contributed by atoms with Crippen LogP contribution >= 0.6 is 0 Å². The van der Waals surface area contributed by atoms with Gasteiger partial charge in [-0.05, 0) is 12.8 Å². The molecular weight excluding hydrogens is 294 g/mol. The molecule has 0 bridgehead atoms. The van der Waals surface area contributed by atoms with Crippen molar-refractivity contribution in [3.63, 3.8) is 0 Å². The van der Waals surface area contributed by atoms with Crippen LogP contribution in [0.25, 0.3) is 0 Å². The highest BCUT2D eigenvalue weighted by molar-refractivity contribution is 5.23. The van der Waals surface area contributed by atoms with Gasteiger partial charge in [0.05, 0.1) is 5.60 Å². The Kier molecular flexibility index (Phi) is 5.17. The lowest BCUT2D eigenvalue weighted by atomic mass is 9.68. The molecule has 0 radical (unpaired) electrons. The Morgan fingerprint density at radius 3 is 2.21 bits per heavy atom. The normalized spacial score (nSPS) is 30.0. The van der Waals surface area contributed by atoms with E-state index in [-0.39, 0.29) is 18.0 Å². The van der Waals surface area contributed by atoms with Crippen molar-refractivity contribution in [1.29, 1.82) is 0 Å². The maximum atomic E-state index is 11.5. The topological polar surface area (TPSA) is 36.8 Å². The lowest BCUT2D eigenvalue weighted by molar-refractivity contribution is -0.757. The highest BCUT2D eigenvalue weighted by atomic mass is 16.3. The molecule has 0 amide bonds. The second-order valence-corrected chi connectivity index (χ2v) is 6.96. The first-order chi connectivity index (χ1) is 11.7. The maximum Gasteiger partial charge on any atom is 0.118 e. The van der Waals surface area contributed by atoms with Gasteiger partial charge in [0.25, 0.3) is 0 Å². The average molecular weight is 322 g/mol. The van der Waals surface area contributed by atoms with E-state index in [1.54, 1.807) is 0 Å². The van der Waals surface area contributed by atoms with E-state index in [0.717, 1.165) is 12.8 Å². The van der Waals surface area contributed by atoms with Crippen LogP contribution in [0.2, 0.25) is 0 Å². The molecular formula is C22H28NO+. The molecule has 3 N–H and O–H groups in total. The van der Waals surface area contributed by atoms with Gasteiger partial charge in [0.15, 0.2) is 0 Å². The quantitative estimate of drug-likeness (QED) is 0.808. The molecule has 1 aliphatic heterocycles. The van der Waals surface area contributed by atoms with Gasteiger partial charge in [-0.25, -0.2) is 0 Å². The first kappa shape index (κ1) is 16.9. The Labute approximate surface area is 145 Å². The summed E-state index contributed by atoms with van der Waals surface area (Å²) >= 11 is 0. The third-order valence-corrected chi connectivity index (χ3v) is 5.49. The first-order valence-corrected chi connectivity index (χ1v) is 8.96. The Morgan fingerprint density at radius 1 is 1.08 bits per heavy atom. The summed E-state index contributed by atoms with van der Waals surface area (Å²) in [6.07, 6.45) is 4.25. The number of nitrogens with two attached hydrogens (primary N) is 1. The van der Waals surface area contributed by atoms with Crippen LogP contribution in [-0.2, 0) is 0 Å². The van der Waals surface area contributed by atoms with Gasteiger partial charge >= 0.3 is 0 Å². The number of rotatable bonds is 5. The van der Waals surface area contributed by atoms with E-state index in [0.29, 0.717) is 6.42 Å². The predicted octanol–water partition coefficient (Wildman–Crippen LogP) is 3.77. The van der Waals surface area contributed by atoms with Crippen molar-refractivity contribution in [2.75, 3.05) is 0 Å². The summed E-state index contributed by atoms with van der Waals surface area (Å²) in [5.41, 5.74) is 1.88. The van der Waals surface area contributed by atoms with E-state index in [4.69, 9.17) is 0 Å². The maximum absolute atomic E-state index is 11.5. The lowest BCUT2D eigenvalue weighted by Crippen LogP contribution is -2.91. The number of quaternary nitrogens is 1. The van der Waals surface area contributed by atoms with Gasteiger partial charge in [-0.15, -0.1) is 6.58 Å². The molecule has 1 heterocycles. The Bertz CT molecular complexity index is 654. The highest BCUT2D eigenvalue weighted by Crippen LogP contribution is 2.42. The minimum atomic E-state index is -0.702. The fraction of sp³-hybridized carbons (Fsp3) is 0.364. The van der Waals surface area contributed by atoms with E-state index in [1.807, 2.05) is 12.1 Å². The number of benzene rings is 2. The first-order valence-electron chi connectivity index (χ1n) is 8.96. The van der Waals surface area contributed by atoms with Crippen molar-refractivity contribution in [1.82, 2.24) is 0 Å². The zero-order valence-electron chi connectivity index (χ0n) is 14.4. The van der Waals surface area contributed by atoms with Gasteiger partial charge < -0.3 is 10.4 Å². The number of piperidine rings is 1. The molecule has 0 aliphatic carbocycles. The molecule has 4 atom stereocenters. The van der Waals surface area contributed by atoms with Crippen LogP contribution in [0.3, 0.4) is 0 Å². The van der Waals surface area contributed by atoms with E-state index in [1.165, 1.54) is 11.1 Å². The molecule has 24 heavy (non-hydrogen) atoms. The molecule has 1 aliphatic rings. The van der Waals surface area contributed by atoms with Gasteiger partial charge in [-0.1, -0.05) is 73.7 Å². The zero-order valence-corrected chi connectivity index (χ0v) is 14.4. The second-order valence-electron chi connectivity index (χ2n) is 6.96. The summed E-state index contributed by atoms with van der Waals surface area (Å²) < 4.78 is 0. The molecule has 2 heteroatoms. The van der Waals surface area contributed by atoms with Gasteiger partial charge in [0, 0.05) is 23.5 Å². The molecule has 3 rings (SSSR count). The SMILES string of the molecule is C=CC[C@@]1(O)C[C@@H](c2ccccc2)[NH2+][C@@H](c2ccccc2)[C@H]1CC. The van der Waals surface area contributed by atoms with Gasteiger partial charge in [0.2, 0.25) is 0 Å². The van der Waals surface area contributed by atoms with E-state index < -0.39 is 5.60 Å². The minimum Gasteiger partial charge on any atom is -0.389 e. The molecule has 0 unspecified atom stereocenters. The van der Waals surface area contributed by atoms with Crippen LogP contribution in [0, 0.1) is 5.92 Å². The summed E-state index contributed by atoms with van der Waals surface area (Å²) in [5.74, 6) is 0.220. The summed E-state index contributed by atoms with van der Waals surface area (Å²) in [5, 5.41) is 14.0. The second kappa shape index (κ2) is 7.33. The summed E-state index contributed by atoms with van der Waals surface area (Å²) in [7, 11) is 0. The zero-order chi connectivity index (χ0) is 17.0. The molecule has 1 saturated heterocycles. The van der Waals surface area contributed by atoms with Crippen LogP contribution in [0.1, 0.15) is 49.4 Å². The van der Waals surface area contributed by atoms with Gasteiger partial charge in [-0.3, -0.25) is 0 Å². The molecule has 0 spiro atoms. The van der Waals surface area contributed by atoms with Crippen molar-refractivity contribution in [3.8, 4) is 0 Å². The smallest absolute Gasteiger partial charge is 0.118 e. The van der Waals surface area contributed by atoms with Crippen molar-refractivity contribution in [2.45, 2.75) is 43.9 Å². The summed E-state index contributed by atoms with van der Waals surface area (Å²) in [6.45, 7) is 6.08. The van der Waals surface area contributed by atoms with Crippen LogP contribution in [-0.4, -0.2) is 10.7 Å². The van der Waals surface area contributed by atoms with Crippen molar-refractivity contribution < 1.29 is 10.4 Å². The van der Waals surface area contributed by atoms with Crippen LogP contribution < -0.4 is 5.32 Å². The number of aliphatic hydroxyl groups is 1. The molecule has 2 aromatic rings. The summed E-state index contributed by atoms with van der Waals surface area (Å²) in [4.78, 5) is 0. The van der Waals surface area contributed by atoms with E-state index in [2.05, 4.69) is 73.4 Å². The van der Waals surface area contributed by atoms with Gasteiger partial charge in [0.1, 0.15) is 12.1 Å². The average Bonchev–Trinajstić information content (AvgIpc) is 2.62. The minimum absolute atomic E-state index is 0.220. The monoisotopic (exact) mass is 322 g/mol. The number of hydrogen-bond donors (Lipinski definition) is 2. The lowest BCUT2D eigenvalue weighted by Gasteiger charge is -2.46. The van der Waals surface area contributed by atoms with Gasteiger partial charge in [-0.2, -0.15) is 0 Å². The Hall–Kier alpha value is -1.90. The fourth-order valence-corrected chi connectivity index (χ4v) is 4.39. The molecule has 2 nitrogen and oxygen atoms in total. The highest BCUT2D eigenvalue weighted by Gasteiger charge is 2.49.